The molecule has 0 radical (unpaired) electrons. The largest absolute Gasteiger partial charge is 0.320 e. The summed E-state index contributed by atoms with van der Waals surface area (Å²) in [6.07, 6.45) is 0. The second-order valence-corrected chi connectivity index (χ2v) is 5.87. The van der Waals surface area contributed by atoms with E-state index in [-0.39, 0.29) is 6.04 Å². The molecule has 3 aromatic rings. The molecule has 0 amide bonds. The lowest BCUT2D eigenvalue weighted by Gasteiger charge is -2.16. The summed E-state index contributed by atoms with van der Waals surface area (Å²) in [6.45, 7) is 4.29. The van der Waals surface area contributed by atoms with Gasteiger partial charge < -0.3 is 5.73 Å². The Labute approximate surface area is 117 Å². The molecule has 1 heterocycles. The maximum absolute atomic E-state index is 6.50. The highest BCUT2D eigenvalue weighted by Crippen LogP contribution is 2.33. The Kier molecular flexibility index (Phi) is 3.13. The molecule has 2 aromatic carbocycles. The van der Waals surface area contributed by atoms with Gasteiger partial charge in [-0.2, -0.15) is 0 Å². The van der Waals surface area contributed by atoms with Gasteiger partial charge in [0.1, 0.15) is 0 Å². The summed E-state index contributed by atoms with van der Waals surface area (Å²) in [5.41, 5.74) is 11.6. The van der Waals surface area contributed by atoms with E-state index in [9.17, 15) is 0 Å². The van der Waals surface area contributed by atoms with Crippen LogP contribution in [0.2, 0.25) is 0 Å². The van der Waals surface area contributed by atoms with Gasteiger partial charge in [-0.1, -0.05) is 36.4 Å². The van der Waals surface area contributed by atoms with Gasteiger partial charge in [-0.25, -0.2) is 0 Å². The molecule has 0 saturated heterocycles. The topological polar surface area (TPSA) is 26.0 Å². The first-order valence-electron chi connectivity index (χ1n) is 6.46. The molecule has 19 heavy (non-hydrogen) atoms. The van der Waals surface area contributed by atoms with Crippen molar-refractivity contribution in [2.24, 2.45) is 5.73 Å². The van der Waals surface area contributed by atoms with Crippen molar-refractivity contribution in [1.82, 2.24) is 0 Å². The van der Waals surface area contributed by atoms with Gasteiger partial charge in [-0.05, 0) is 52.9 Å². The number of nitrogens with two attached hydrogens (primary N) is 1. The molecule has 1 nitrogen and oxygen atoms in total. The van der Waals surface area contributed by atoms with E-state index in [1.54, 1.807) is 11.3 Å². The first-order valence-corrected chi connectivity index (χ1v) is 7.34. The Morgan fingerprint density at radius 1 is 0.947 bits per heavy atom. The fourth-order valence-electron chi connectivity index (χ4n) is 2.52. The zero-order chi connectivity index (χ0) is 13.4. The fraction of sp³-hybridized carbons (Fsp3) is 0.176. The molecule has 3 rings (SSSR count). The van der Waals surface area contributed by atoms with Gasteiger partial charge in [0.2, 0.25) is 0 Å². The lowest BCUT2D eigenvalue weighted by molar-refractivity contribution is 0.871. The van der Waals surface area contributed by atoms with Crippen LogP contribution in [-0.4, -0.2) is 0 Å². The summed E-state index contributed by atoms with van der Waals surface area (Å²) in [4.78, 5) is 0. The third-order valence-electron chi connectivity index (χ3n) is 3.83. The molecule has 1 atom stereocenters. The van der Waals surface area contributed by atoms with Crippen LogP contribution in [0, 0.1) is 13.8 Å². The minimum absolute atomic E-state index is 0.0453. The second-order valence-electron chi connectivity index (χ2n) is 4.95. The van der Waals surface area contributed by atoms with E-state index in [4.69, 9.17) is 5.73 Å². The van der Waals surface area contributed by atoms with Crippen LogP contribution in [0.5, 0.6) is 0 Å². The average Bonchev–Trinajstić information content (AvgIpc) is 2.85. The van der Waals surface area contributed by atoms with Gasteiger partial charge in [0.05, 0.1) is 6.04 Å². The molecule has 0 spiro atoms. The van der Waals surface area contributed by atoms with Crippen molar-refractivity contribution in [3.63, 3.8) is 0 Å². The zero-order valence-corrected chi connectivity index (χ0v) is 12.0. The number of benzene rings is 2. The molecule has 0 fully saturated rings. The smallest absolute Gasteiger partial charge is 0.0568 e. The summed E-state index contributed by atoms with van der Waals surface area (Å²) in [7, 11) is 0. The van der Waals surface area contributed by atoms with Gasteiger partial charge in [-0.15, -0.1) is 11.3 Å². The Bertz CT molecular complexity index is 727. The van der Waals surface area contributed by atoms with Gasteiger partial charge in [0, 0.05) is 4.70 Å². The van der Waals surface area contributed by atoms with E-state index in [0.717, 1.165) is 0 Å². The van der Waals surface area contributed by atoms with Crippen molar-refractivity contribution in [3.8, 4) is 0 Å². The first-order chi connectivity index (χ1) is 9.18. The predicted octanol–water partition coefficient (Wildman–Crippen LogP) is 4.57. The molecule has 0 aliphatic heterocycles. The van der Waals surface area contributed by atoms with Crippen molar-refractivity contribution < 1.29 is 0 Å². The van der Waals surface area contributed by atoms with Gasteiger partial charge in [-0.3, -0.25) is 0 Å². The quantitative estimate of drug-likeness (QED) is 0.723. The summed E-state index contributed by atoms with van der Waals surface area (Å²) < 4.78 is 1.30. The summed E-state index contributed by atoms with van der Waals surface area (Å²) in [5.74, 6) is 0. The van der Waals surface area contributed by atoms with Crippen molar-refractivity contribution in [1.29, 1.82) is 0 Å². The molecule has 0 bridgehead atoms. The highest BCUT2D eigenvalue weighted by Gasteiger charge is 2.15. The minimum atomic E-state index is -0.0453. The lowest BCUT2D eigenvalue weighted by Crippen LogP contribution is -2.13. The van der Waals surface area contributed by atoms with Gasteiger partial charge >= 0.3 is 0 Å². The van der Waals surface area contributed by atoms with Crippen molar-refractivity contribution in [2.45, 2.75) is 19.9 Å². The number of hydrogen-bond acceptors (Lipinski definition) is 2. The van der Waals surface area contributed by atoms with E-state index >= 15 is 0 Å². The molecular weight excluding hydrogens is 250 g/mol. The van der Waals surface area contributed by atoms with Crippen LogP contribution in [0.25, 0.3) is 10.1 Å². The van der Waals surface area contributed by atoms with Crippen molar-refractivity contribution in [3.05, 3.63) is 70.1 Å². The van der Waals surface area contributed by atoms with E-state index in [1.807, 2.05) is 0 Å². The number of rotatable bonds is 2. The molecule has 1 unspecified atom stereocenters. The van der Waals surface area contributed by atoms with Gasteiger partial charge in [0.15, 0.2) is 0 Å². The summed E-state index contributed by atoms with van der Waals surface area (Å²) in [5, 5.41) is 3.47. The van der Waals surface area contributed by atoms with Crippen LogP contribution < -0.4 is 5.73 Å². The molecule has 2 N–H and O–H groups in total. The highest BCUT2D eigenvalue weighted by molar-refractivity contribution is 7.17. The number of aryl methyl sites for hydroxylation is 1. The first kappa shape index (κ1) is 12.4. The number of hydrogen-bond donors (Lipinski definition) is 1. The van der Waals surface area contributed by atoms with Crippen LogP contribution >= 0.6 is 11.3 Å². The summed E-state index contributed by atoms with van der Waals surface area (Å²) >= 11 is 1.77. The highest BCUT2D eigenvalue weighted by atomic mass is 32.1. The Balaban J connectivity index is 2.13. The van der Waals surface area contributed by atoms with E-state index in [0.29, 0.717) is 0 Å². The molecule has 0 aliphatic rings. The maximum Gasteiger partial charge on any atom is 0.0568 e. The molecular formula is C17H17NS. The molecule has 0 aliphatic carbocycles. The van der Waals surface area contributed by atoms with E-state index < -0.39 is 0 Å². The monoisotopic (exact) mass is 267 g/mol. The van der Waals surface area contributed by atoms with E-state index in [2.05, 4.69) is 61.7 Å². The lowest BCUT2D eigenvalue weighted by atomic mass is 9.93. The third-order valence-corrected chi connectivity index (χ3v) is 4.81. The van der Waals surface area contributed by atoms with Crippen LogP contribution in [0.15, 0.2) is 47.8 Å². The van der Waals surface area contributed by atoms with Crippen LogP contribution in [0.3, 0.4) is 0 Å². The third kappa shape index (κ3) is 2.07. The molecule has 2 heteroatoms. The minimum Gasteiger partial charge on any atom is -0.320 e. The van der Waals surface area contributed by atoms with Crippen LogP contribution in [-0.2, 0) is 0 Å². The van der Waals surface area contributed by atoms with Crippen LogP contribution in [0.1, 0.15) is 28.3 Å². The number of thiophene rings is 1. The maximum atomic E-state index is 6.50. The van der Waals surface area contributed by atoms with Crippen molar-refractivity contribution >= 4 is 21.4 Å². The molecule has 1 aromatic heterocycles. The van der Waals surface area contributed by atoms with Crippen LogP contribution in [0.4, 0.5) is 0 Å². The Hall–Kier alpha value is -1.64. The van der Waals surface area contributed by atoms with Gasteiger partial charge in [0.25, 0.3) is 0 Å². The number of fused-ring (bicyclic) bond motifs is 1. The predicted molar refractivity (Wildman–Crippen MR) is 83.8 cm³/mol. The Morgan fingerprint density at radius 2 is 1.74 bits per heavy atom. The molecule has 0 saturated carbocycles. The molecule has 96 valence electrons. The summed E-state index contributed by atoms with van der Waals surface area (Å²) in [6, 6.07) is 14.8. The normalized spacial score (nSPS) is 12.8. The SMILES string of the molecule is Cc1cccc(C(N)c2csc3ccccc23)c1C. The second kappa shape index (κ2) is 4.80. The fourth-order valence-corrected chi connectivity index (χ4v) is 3.51. The standard InChI is InChI=1S/C17H17NS/c1-11-6-5-8-13(12(11)2)17(18)15-10-19-16-9-4-3-7-14(15)16/h3-10,17H,18H2,1-2H3. The van der Waals surface area contributed by atoms with Crippen molar-refractivity contribution in [2.75, 3.05) is 0 Å². The average molecular weight is 267 g/mol. The van der Waals surface area contributed by atoms with E-state index in [1.165, 1.54) is 32.3 Å². The zero-order valence-electron chi connectivity index (χ0n) is 11.2. The Morgan fingerprint density at radius 3 is 2.58 bits per heavy atom.